The highest BCUT2D eigenvalue weighted by molar-refractivity contribution is 14.0. The smallest absolute Gasteiger partial charge is 0.191 e. The lowest BCUT2D eigenvalue weighted by Crippen LogP contribution is -2.37. The van der Waals surface area contributed by atoms with Crippen molar-refractivity contribution in [1.82, 2.24) is 25.4 Å². The van der Waals surface area contributed by atoms with Gasteiger partial charge in [-0.15, -0.1) is 34.2 Å². The molecule has 9 heteroatoms. The minimum atomic E-state index is 0. The van der Waals surface area contributed by atoms with Crippen LogP contribution in [0.2, 0.25) is 0 Å². The van der Waals surface area contributed by atoms with Crippen LogP contribution in [-0.4, -0.2) is 41.5 Å². The Morgan fingerprint density at radius 3 is 2.64 bits per heavy atom. The summed E-state index contributed by atoms with van der Waals surface area (Å²) in [5, 5.41) is 14.4. The van der Waals surface area contributed by atoms with Crippen molar-refractivity contribution < 1.29 is 9.47 Å². The van der Waals surface area contributed by atoms with Gasteiger partial charge in [-0.2, -0.15) is 0 Å². The van der Waals surface area contributed by atoms with Crippen LogP contribution in [-0.2, 0) is 20.1 Å². The molecule has 0 aliphatic carbocycles. The monoisotopic (exact) mass is 460 g/mol. The van der Waals surface area contributed by atoms with Gasteiger partial charge in [-0.25, -0.2) is 4.99 Å². The van der Waals surface area contributed by atoms with E-state index in [2.05, 4.69) is 25.8 Å². The lowest BCUT2D eigenvalue weighted by atomic mass is 10.2. The lowest BCUT2D eigenvalue weighted by molar-refractivity contribution is 0.391. The molecular formula is C16H25IN6O2. The van der Waals surface area contributed by atoms with Crippen molar-refractivity contribution in [3.8, 4) is 11.5 Å². The molecule has 25 heavy (non-hydrogen) atoms. The van der Waals surface area contributed by atoms with Crippen molar-refractivity contribution in [1.29, 1.82) is 0 Å². The lowest BCUT2D eigenvalue weighted by Gasteiger charge is -2.12. The molecule has 8 nitrogen and oxygen atoms in total. The third-order valence-electron chi connectivity index (χ3n) is 3.47. The molecule has 2 aromatic rings. The van der Waals surface area contributed by atoms with Crippen molar-refractivity contribution in [2.24, 2.45) is 12.0 Å². The van der Waals surface area contributed by atoms with Crippen LogP contribution in [0, 0.1) is 0 Å². The van der Waals surface area contributed by atoms with E-state index in [4.69, 9.17) is 9.47 Å². The zero-order chi connectivity index (χ0) is 17.4. The number of halogens is 1. The van der Waals surface area contributed by atoms with E-state index in [0.29, 0.717) is 19.0 Å². The first-order valence-corrected chi connectivity index (χ1v) is 7.73. The maximum atomic E-state index is 5.40. The summed E-state index contributed by atoms with van der Waals surface area (Å²) >= 11 is 0. The number of aromatic nitrogens is 3. The third kappa shape index (κ3) is 6.07. The van der Waals surface area contributed by atoms with Gasteiger partial charge in [0.05, 0.1) is 27.3 Å². The number of methoxy groups -OCH3 is 2. The van der Waals surface area contributed by atoms with Crippen LogP contribution < -0.4 is 20.1 Å². The van der Waals surface area contributed by atoms with Crippen LogP contribution in [0.25, 0.3) is 0 Å². The normalized spacial score (nSPS) is 10.8. The molecule has 0 radical (unpaired) electrons. The Bertz CT molecular complexity index is 689. The van der Waals surface area contributed by atoms with E-state index in [9.17, 15) is 0 Å². The second kappa shape index (κ2) is 10.7. The van der Waals surface area contributed by atoms with E-state index in [-0.39, 0.29) is 24.0 Å². The van der Waals surface area contributed by atoms with Gasteiger partial charge in [0.2, 0.25) is 0 Å². The predicted octanol–water partition coefficient (Wildman–Crippen LogP) is 1.71. The van der Waals surface area contributed by atoms with Crippen LogP contribution in [0.5, 0.6) is 11.5 Å². The zero-order valence-corrected chi connectivity index (χ0v) is 17.3. The van der Waals surface area contributed by atoms with E-state index in [1.165, 1.54) is 0 Å². The van der Waals surface area contributed by atoms with Gasteiger partial charge in [0.1, 0.15) is 17.8 Å². The van der Waals surface area contributed by atoms with Crippen molar-refractivity contribution in [3.05, 3.63) is 35.9 Å². The minimum Gasteiger partial charge on any atom is -0.497 e. The van der Waals surface area contributed by atoms with Crippen LogP contribution in [0.3, 0.4) is 0 Å². The summed E-state index contributed by atoms with van der Waals surface area (Å²) in [4.78, 5) is 4.59. The van der Waals surface area contributed by atoms with Gasteiger partial charge in [-0.05, 0) is 19.1 Å². The molecule has 0 fully saturated rings. The third-order valence-corrected chi connectivity index (χ3v) is 3.47. The predicted molar refractivity (Wildman–Crippen MR) is 108 cm³/mol. The molecule has 0 spiro atoms. The SMILES string of the molecule is CCNC(=NCc1ccc(OC)cc1OC)NCc1nncn1C.I. The molecule has 0 unspecified atom stereocenters. The van der Waals surface area contributed by atoms with Crippen molar-refractivity contribution in [2.45, 2.75) is 20.0 Å². The van der Waals surface area contributed by atoms with E-state index in [0.717, 1.165) is 29.4 Å². The van der Waals surface area contributed by atoms with Gasteiger partial charge in [-0.1, -0.05) is 0 Å². The van der Waals surface area contributed by atoms with Crippen LogP contribution in [0.4, 0.5) is 0 Å². The number of nitrogens with zero attached hydrogens (tertiary/aromatic N) is 4. The Morgan fingerprint density at radius 2 is 2.04 bits per heavy atom. The first-order chi connectivity index (χ1) is 11.7. The first kappa shape index (κ1) is 21.0. The Hall–Kier alpha value is -2.04. The Balaban J connectivity index is 0.00000312. The van der Waals surface area contributed by atoms with E-state index in [1.807, 2.05) is 36.7 Å². The maximum absolute atomic E-state index is 5.40. The maximum Gasteiger partial charge on any atom is 0.191 e. The second-order valence-electron chi connectivity index (χ2n) is 5.08. The highest BCUT2D eigenvalue weighted by Gasteiger charge is 2.06. The molecule has 2 N–H and O–H groups in total. The molecule has 138 valence electrons. The number of guanidine groups is 1. The summed E-state index contributed by atoms with van der Waals surface area (Å²) in [6.07, 6.45) is 1.67. The van der Waals surface area contributed by atoms with Gasteiger partial charge in [-0.3, -0.25) is 0 Å². The standard InChI is InChI=1S/C16H24N6O2.HI/c1-5-17-16(19-10-15-21-20-11-22(15)2)18-9-12-6-7-13(23-3)8-14(12)24-4;/h6-8,11H,5,9-10H2,1-4H3,(H2,17,18,19);1H. The quantitative estimate of drug-likeness (QED) is 0.372. The van der Waals surface area contributed by atoms with Gasteiger partial charge in [0.15, 0.2) is 11.8 Å². The van der Waals surface area contributed by atoms with Crippen molar-refractivity contribution in [2.75, 3.05) is 20.8 Å². The molecular weight excluding hydrogens is 435 g/mol. The first-order valence-electron chi connectivity index (χ1n) is 7.73. The zero-order valence-electron chi connectivity index (χ0n) is 14.9. The fourth-order valence-electron chi connectivity index (χ4n) is 2.12. The summed E-state index contributed by atoms with van der Waals surface area (Å²) < 4.78 is 12.5. The second-order valence-corrected chi connectivity index (χ2v) is 5.08. The summed E-state index contributed by atoms with van der Waals surface area (Å²) in [6, 6.07) is 5.70. The molecule has 0 aliphatic heterocycles. The number of rotatable bonds is 7. The van der Waals surface area contributed by atoms with Crippen LogP contribution in [0.15, 0.2) is 29.5 Å². The molecule has 1 aromatic carbocycles. The molecule has 0 amide bonds. The van der Waals surface area contributed by atoms with Crippen LogP contribution in [0.1, 0.15) is 18.3 Å². The van der Waals surface area contributed by atoms with Crippen molar-refractivity contribution >= 4 is 29.9 Å². The van der Waals surface area contributed by atoms with Crippen LogP contribution >= 0.6 is 24.0 Å². The molecule has 2 rings (SSSR count). The Labute approximate surface area is 165 Å². The van der Waals surface area contributed by atoms with Crippen molar-refractivity contribution in [3.63, 3.8) is 0 Å². The molecule has 0 atom stereocenters. The molecule has 0 saturated heterocycles. The summed E-state index contributed by atoms with van der Waals surface area (Å²) in [6.45, 7) is 3.82. The van der Waals surface area contributed by atoms with Gasteiger partial charge in [0, 0.05) is 25.2 Å². The fraction of sp³-hybridized carbons (Fsp3) is 0.438. The Kier molecular flexibility index (Phi) is 9.03. The number of aryl methyl sites for hydroxylation is 1. The topological polar surface area (TPSA) is 85.6 Å². The van der Waals surface area contributed by atoms with Gasteiger partial charge in [0.25, 0.3) is 0 Å². The number of hydrogen-bond donors (Lipinski definition) is 2. The Morgan fingerprint density at radius 1 is 1.24 bits per heavy atom. The molecule has 1 aromatic heterocycles. The highest BCUT2D eigenvalue weighted by atomic mass is 127. The fourth-order valence-corrected chi connectivity index (χ4v) is 2.12. The number of ether oxygens (including phenoxy) is 2. The average Bonchev–Trinajstić information content (AvgIpc) is 3.02. The number of hydrogen-bond acceptors (Lipinski definition) is 5. The summed E-state index contributed by atoms with van der Waals surface area (Å²) in [5.74, 6) is 3.05. The highest BCUT2D eigenvalue weighted by Crippen LogP contribution is 2.25. The van der Waals surface area contributed by atoms with E-state index in [1.54, 1.807) is 20.5 Å². The van der Waals surface area contributed by atoms with Gasteiger partial charge < -0.3 is 24.7 Å². The summed E-state index contributed by atoms with van der Waals surface area (Å²) in [7, 11) is 5.18. The van der Waals surface area contributed by atoms with E-state index >= 15 is 0 Å². The van der Waals surface area contributed by atoms with Gasteiger partial charge >= 0.3 is 0 Å². The number of benzene rings is 1. The largest absolute Gasteiger partial charge is 0.497 e. The average molecular weight is 460 g/mol. The molecule has 1 heterocycles. The minimum absolute atomic E-state index is 0. The van der Waals surface area contributed by atoms with E-state index < -0.39 is 0 Å². The number of nitrogens with one attached hydrogen (secondary N) is 2. The molecule has 0 saturated carbocycles. The molecule has 0 aliphatic rings. The summed E-state index contributed by atoms with van der Waals surface area (Å²) in [5.41, 5.74) is 0.981. The molecule has 0 bridgehead atoms. The number of aliphatic imine (C=N–C) groups is 1.